The highest BCUT2D eigenvalue weighted by molar-refractivity contribution is 5.90. The molecule has 1 saturated heterocycles. The average Bonchev–Trinajstić information content (AvgIpc) is 3.31. The number of urea groups is 1. The molecule has 0 spiro atoms. The highest BCUT2D eigenvalue weighted by Gasteiger charge is 2.43. The van der Waals surface area contributed by atoms with Crippen molar-refractivity contribution in [1.82, 2.24) is 19.7 Å². The van der Waals surface area contributed by atoms with Crippen LogP contribution in [0.4, 0.5) is 14.9 Å². The molecule has 2 unspecified atom stereocenters. The number of benzene rings is 1. The van der Waals surface area contributed by atoms with E-state index in [2.05, 4.69) is 15.4 Å². The van der Waals surface area contributed by atoms with Crippen LogP contribution in [0, 0.1) is 5.95 Å². The first kappa shape index (κ1) is 16.0. The predicted molar refractivity (Wildman–Crippen MR) is 98.1 cm³/mol. The SMILES string of the molecule is O=C(Nc1ccc(-n2cccn2)cc1)N1C2CCC1c1ccnc(F)c1C2. The van der Waals surface area contributed by atoms with Gasteiger partial charge in [-0.1, -0.05) is 0 Å². The topological polar surface area (TPSA) is 63.1 Å². The number of rotatable bonds is 2. The lowest BCUT2D eigenvalue weighted by Crippen LogP contribution is -2.44. The Morgan fingerprint density at radius 1 is 1.15 bits per heavy atom. The first-order valence-corrected chi connectivity index (χ1v) is 9.03. The molecule has 2 bridgehead atoms. The summed E-state index contributed by atoms with van der Waals surface area (Å²) in [6.45, 7) is 0. The van der Waals surface area contributed by atoms with Crippen molar-refractivity contribution in [3.63, 3.8) is 0 Å². The van der Waals surface area contributed by atoms with Gasteiger partial charge >= 0.3 is 6.03 Å². The van der Waals surface area contributed by atoms with Gasteiger partial charge in [0, 0.05) is 35.9 Å². The fourth-order valence-electron chi connectivity index (χ4n) is 4.23. The lowest BCUT2D eigenvalue weighted by molar-refractivity contribution is 0.178. The summed E-state index contributed by atoms with van der Waals surface area (Å²) in [5, 5.41) is 7.17. The number of aromatic nitrogens is 3. The Bertz CT molecular complexity index is 986. The minimum atomic E-state index is -0.404. The molecule has 7 heteroatoms. The second kappa shape index (κ2) is 6.19. The number of hydrogen-bond donors (Lipinski definition) is 1. The molecule has 1 N–H and O–H groups in total. The van der Waals surface area contributed by atoms with Gasteiger partial charge in [0.25, 0.3) is 0 Å². The molecular weight excluding hydrogens is 345 g/mol. The number of nitrogens with one attached hydrogen (secondary N) is 1. The lowest BCUT2D eigenvalue weighted by Gasteiger charge is -2.36. The maximum absolute atomic E-state index is 14.0. The van der Waals surface area contributed by atoms with Crippen molar-refractivity contribution < 1.29 is 9.18 Å². The number of carbonyl (C=O) groups is 1. The third-order valence-electron chi connectivity index (χ3n) is 5.46. The summed E-state index contributed by atoms with van der Waals surface area (Å²) in [5.74, 6) is -0.404. The summed E-state index contributed by atoms with van der Waals surface area (Å²) in [6.07, 6.45) is 7.33. The second-order valence-corrected chi connectivity index (χ2v) is 6.96. The summed E-state index contributed by atoms with van der Waals surface area (Å²) in [7, 11) is 0. The van der Waals surface area contributed by atoms with Crippen LogP contribution in [0.15, 0.2) is 55.0 Å². The van der Waals surface area contributed by atoms with Crippen LogP contribution in [0.1, 0.15) is 30.0 Å². The van der Waals surface area contributed by atoms with E-state index in [1.165, 1.54) is 6.20 Å². The maximum atomic E-state index is 14.0. The summed E-state index contributed by atoms with van der Waals surface area (Å²) in [4.78, 5) is 18.6. The Labute approximate surface area is 155 Å². The van der Waals surface area contributed by atoms with E-state index < -0.39 is 5.95 Å². The third-order valence-corrected chi connectivity index (χ3v) is 5.46. The predicted octanol–water partition coefficient (Wildman–Crippen LogP) is 3.70. The molecule has 5 rings (SSSR count). The molecule has 6 nitrogen and oxygen atoms in total. The van der Waals surface area contributed by atoms with Gasteiger partial charge in [-0.15, -0.1) is 0 Å². The van der Waals surface area contributed by atoms with E-state index in [-0.39, 0.29) is 18.1 Å². The highest BCUT2D eigenvalue weighted by Crippen LogP contribution is 2.44. The van der Waals surface area contributed by atoms with Gasteiger partial charge in [-0.2, -0.15) is 9.49 Å². The van der Waals surface area contributed by atoms with Crippen LogP contribution in [0.3, 0.4) is 0 Å². The molecular formula is C20H18FN5O. The van der Waals surface area contributed by atoms with Crippen LogP contribution < -0.4 is 5.32 Å². The van der Waals surface area contributed by atoms with Crippen molar-refractivity contribution >= 4 is 11.7 Å². The fraction of sp³-hybridized carbons (Fsp3) is 0.250. The molecule has 136 valence electrons. The fourth-order valence-corrected chi connectivity index (χ4v) is 4.23. The zero-order valence-electron chi connectivity index (χ0n) is 14.5. The van der Waals surface area contributed by atoms with E-state index in [9.17, 15) is 9.18 Å². The Morgan fingerprint density at radius 3 is 2.78 bits per heavy atom. The zero-order chi connectivity index (χ0) is 18.4. The van der Waals surface area contributed by atoms with Gasteiger partial charge in [-0.3, -0.25) is 0 Å². The van der Waals surface area contributed by atoms with E-state index in [4.69, 9.17) is 0 Å². The molecule has 2 aromatic heterocycles. The molecule has 27 heavy (non-hydrogen) atoms. The van der Waals surface area contributed by atoms with Crippen LogP contribution in [-0.4, -0.2) is 31.7 Å². The number of nitrogens with zero attached hydrogens (tertiary/aromatic N) is 4. The van der Waals surface area contributed by atoms with Crippen LogP contribution in [0.25, 0.3) is 5.69 Å². The van der Waals surface area contributed by atoms with Crippen LogP contribution in [0.2, 0.25) is 0 Å². The molecule has 0 saturated carbocycles. The van der Waals surface area contributed by atoms with Crippen molar-refractivity contribution in [1.29, 1.82) is 0 Å². The second-order valence-electron chi connectivity index (χ2n) is 6.96. The van der Waals surface area contributed by atoms with Crippen molar-refractivity contribution in [2.45, 2.75) is 31.3 Å². The van der Waals surface area contributed by atoms with Gasteiger partial charge in [-0.25, -0.2) is 14.5 Å². The summed E-state index contributed by atoms with van der Waals surface area (Å²) >= 11 is 0. The Morgan fingerprint density at radius 2 is 2.00 bits per heavy atom. The number of halogens is 1. The highest BCUT2D eigenvalue weighted by atomic mass is 19.1. The van der Waals surface area contributed by atoms with Crippen LogP contribution >= 0.6 is 0 Å². The number of pyridine rings is 1. The van der Waals surface area contributed by atoms with Gasteiger partial charge in [0.1, 0.15) is 0 Å². The summed E-state index contributed by atoms with van der Waals surface area (Å²) in [6, 6.07) is 11.0. The lowest BCUT2D eigenvalue weighted by atomic mass is 9.95. The molecule has 2 aliphatic rings. The van der Waals surface area contributed by atoms with Crippen molar-refractivity contribution in [2.75, 3.05) is 5.32 Å². The van der Waals surface area contributed by atoms with Gasteiger partial charge < -0.3 is 10.2 Å². The standard InChI is InChI=1S/C20H18FN5O/c21-19-17-12-15-6-7-18(16(17)8-10-22-19)26(15)20(27)24-13-2-4-14(5-3-13)25-11-1-9-23-25/h1-5,8-11,15,18H,6-7,12H2,(H,24,27). The minimum Gasteiger partial charge on any atom is -0.314 e. The molecule has 1 fully saturated rings. The molecule has 2 aliphatic heterocycles. The normalized spacial score (nSPS) is 20.4. The number of hydrogen-bond acceptors (Lipinski definition) is 3. The smallest absolute Gasteiger partial charge is 0.314 e. The molecule has 3 aromatic rings. The summed E-state index contributed by atoms with van der Waals surface area (Å²) < 4.78 is 15.8. The van der Waals surface area contributed by atoms with E-state index in [0.29, 0.717) is 12.0 Å². The van der Waals surface area contributed by atoms with Gasteiger partial charge in [0.05, 0.1) is 11.7 Å². The molecule has 2 amide bonds. The van der Waals surface area contributed by atoms with Gasteiger partial charge in [0.15, 0.2) is 0 Å². The largest absolute Gasteiger partial charge is 0.322 e. The third kappa shape index (κ3) is 2.66. The molecule has 4 heterocycles. The van der Waals surface area contributed by atoms with Gasteiger partial charge in [-0.05, 0) is 61.2 Å². The Hall–Kier alpha value is -3.22. The quantitative estimate of drug-likeness (QED) is 0.706. The van der Waals surface area contributed by atoms with E-state index in [0.717, 1.165) is 29.8 Å². The van der Waals surface area contributed by atoms with E-state index in [1.54, 1.807) is 10.9 Å². The van der Waals surface area contributed by atoms with Crippen LogP contribution in [-0.2, 0) is 6.42 Å². The molecule has 2 atom stereocenters. The Kier molecular flexibility index (Phi) is 3.67. The Balaban J connectivity index is 1.36. The van der Waals surface area contributed by atoms with Gasteiger partial charge in [0.2, 0.25) is 5.95 Å². The minimum absolute atomic E-state index is 0.0181. The van der Waals surface area contributed by atoms with Crippen molar-refractivity contribution in [3.8, 4) is 5.69 Å². The first-order valence-electron chi connectivity index (χ1n) is 9.03. The number of carbonyl (C=O) groups excluding carboxylic acids is 1. The summed E-state index contributed by atoms with van der Waals surface area (Å²) in [5.41, 5.74) is 3.20. The average molecular weight is 363 g/mol. The zero-order valence-corrected chi connectivity index (χ0v) is 14.5. The first-order chi connectivity index (χ1) is 13.2. The number of fused-ring (bicyclic) bond motifs is 4. The van der Waals surface area contributed by atoms with Crippen molar-refractivity contribution in [3.05, 3.63) is 72.1 Å². The van der Waals surface area contributed by atoms with Crippen LogP contribution in [0.5, 0.6) is 0 Å². The number of amides is 2. The monoisotopic (exact) mass is 363 g/mol. The van der Waals surface area contributed by atoms with Crippen molar-refractivity contribution in [2.24, 2.45) is 0 Å². The molecule has 0 radical (unpaired) electrons. The number of anilines is 1. The molecule has 1 aromatic carbocycles. The molecule has 0 aliphatic carbocycles. The van der Waals surface area contributed by atoms with E-state index in [1.807, 2.05) is 47.5 Å². The maximum Gasteiger partial charge on any atom is 0.322 e. The van der Waals surface area contributed by atoms with E-state index >= 15 is 0 Å².